The Morgan fingerprint density at radius 2 is 1.36 bits per heavy atom. The van der Waals surface area contributed by atoms with E-state index in [1.165, 1.54) is 63.4 Å². The molecular weight excluding hydrogens is 310 g/mol. The number of hydrogen-bond acceptors (Lipinski definition) is 2. The maximum Gasteiger partial charge on any atom is 0.412 e. The van der Waals surface area contributed by atoms with Gasteiger partial charge in [0.05, 0.1) is 0 Å². The fraction of sp³-hybridized carbons (Fsp3) is 0.682. The van der Waals surface area contributed by atoms with Crippen LogP contribution in [0.2, 0.25) is 0 Å². The Bertz CT molecular complexity index is 442. The molecule has 0 radical (unpaired) electrons. The monoisotopic (exact) mass is 347 g/mol. The number of benzene rings is 1. The summed E-state index contributed by atoms with van der Waals surface area (Å²) in [6.45, 7) is 5.12. The van der Waals surface area contributed by atoms with E-state index in [2.05, 4.69) is 31.3 Å². The molecule has 1 rings (SSSR count). The molecule has 1 amide bonds. The van der Waals surface area contributed by atoms with E-state index in [-0.39, 0.29) is 6.09 Å². The first-order valence-electron chi connectivity index (χ1n) is 10.3. The van der Waals surface area contributed by atoms with Crippen LogP contribution in [0.1, 0.15) is 90.0 Å². The van der Waals surface area contributed by atoms with Crippen LogP contribution < -0.4 is 10.1 Å². The molecule has 0 unspecified atom stereocenters. The van der Waals surface area contributed by atoms with Crippen LogP contribution in [0.15, 0.2) is 24.3 Å². The lowest BCUT2D eigenvalue weighted by Crippen LogP contribution is -2.27. The zero-order valence-corrected chi connectivity index (χ0v) is 16.3. The van der Waals surface area contributed by atoms with Gasteiger partial charge in [-0.25, -0.2) is 4.79 Å². The lowest BCUT2D eigenvalue weighted by atomic mass is 10.0. The van der Waals surface area contributed by atoms with Gasteiger partial charge in [-0.15, -0.1) is 0 Å². The Morgan fingerprint density at radius 3 is 2.00 bits per heavy atom. The third kappa shape index (κ3) is 11.6. The van der Waals surface area contributed by atoms with Gasteiger partial charge in [-0.3, -0.25) is 0 Å². The third-order valence-electron chi connectivity index (χ3n) is 4.50. The first kappa shape index (κ1) is 21.5. The van der Waals surface area contributed by atoms with Crippen molar-refractivity contribution in [2.45, 2.75) is 90.9 Å². The minimum absolute atomic E-state index is 0.351. The predicted molar refractivity (Wildman–Crippen MR) is 106 cm³/mol. The van der Waals surface area contributed by atoms with Gasteiger partial charge in [0.2, 0.25) is 0 Å². The van der Waals surface area contributed by atoms with E-state index in [1.54, 1.807) is 0 Å². The molecule has 142 valence electrons. The molecule has 1 aromatic carbocycles. The zero-order valence-electron chi connectivity index (χ0n) is 16.3. The second-order valence-corrected chi connectivity index (χ2v) is 6.89. The quantitative estimate of drug-likeness (QED) is 0.383. The van der Waals surface area contributed by atoms with Crippen molar-refractivity contribution < 1.29 is 9.53 Å². The first-order chi connectivity index (χ1) is 12.3. The molecular formula is C22H37NO2. The molecule has 1 aromatic rings. The highest BCUT2D eigenvalue weighted by molar-refractivity contribution is 5.70. The molecule has 0 aliphatic carbocycles. The third-order valence-corrected chi connectivity index (χ3v) is 4.50. The van der Waals surface area contributed by atoms with Gasteiger partial charge in [-0.1, -0.05) is 83.8 Å². The highest BCUT2D eigenvalue weighted by atomic mass is 16.5. The molecule has 1 N–H and O–H groups in total. The van der Waals surface area contributed by atoms with Crippen molar-refractivity contribution in [1.29, 1.82) is 0 Å². The van der Waals surface area contributed by atoms with Crippen LogP contribution in [0, 0.1) is 0 Å². The first-order valence-corrected chi connectivity index (χ1v) is 10.3. The van der Waals surface area contributed by atoms with Crippen LogP contribution in [-0.4, -0.2) is 12.6 Å². The largest absolute Gasteiger partial charge is 0.412 e. The number of carbonyl (C=O) groups is 1. The molecule has 25 heavy (non-hydrogen) atoms. The van der Waals surface area contributed by atoms with Crippen LogP contribution in [0.25, 0.3) is 0 Å². The predicted octanol–water partition coefficient (Wildman–Crippen LogP) is 6.65. The van der Waals surface area contributed by atoms with Crippen LogP contribution in [-0.2, 0) is 6.42 Å². The van der Waals surface area contributed by atoms with E-state index in [0.29, 0.717) is 12.3 Å². The summed E-state index contributed by atoms with van der Waals surface area (Å²) in [7, 11) is 0. The molecule has 0 aliphatic rings. The van der Waals surface area contributed by atoms with Crippen molar-refractivity contribution in [3.8, 4) is 5.75 Å². The van der Waals surface area contributed by atoms with Crippen LogP contribution in [0.4, 0.5) is 4.79 Å². The van der Waals surface area contributed by atoms with Gasteiger partial charge in [0.15, 0.2) is 0 Å². The van der Waals surface area contributed by atoms with Gasteiger partial charge in [0.1, 0.15) is 5.75 Å². The van der Waals surface area contributed by atoms with Crippen molar-refractivity contribution in [2.75, 3.05) is 6.54 Å². The SMILES string of the molecule is CCCCCCCCCc1ccc(OC(=O)NCCCCCC)cc1. The molecule has 0 heterocycles. The average molecular weight is 348 g/mol. The zero-order chi connectivity index (χ0) is 18.2. The van der Waals surface area contributed by atoms with E-state index in [1.807, 2.05) is 12.1 Å². The standard InChI is InChI=1S/C22H37NO2/c1-3-5-7-9-10-11-12-14-20-15-17-21(18-16-20)25-22(24)23-19-13-8-6-4-2/h15-18H,3-14,19H2,1-2H3,(H,23,24). The van der Waals surface area contributed by atoms with E-state index in [9.17, 15) is 4.79 Å². The summed E-state index contributed by atoms with van der Waals surface area (Å²) in [5.74, 6) is 0.620. The molecule has 0 atom stereocenters. The molecule has 0 spiro atoms. The minimum Gasteiger partial charge on any atom is -0.410 e. The molecule has 0 saturated heterocycles. The second-order valence-electron chi connectivity index (χ2n) is 6.89. The van der Waals surface area contributed by atoms with Gasteiger partial charge >= 0.3 is 6.09 Å². The van der Waals surface area contributed by atoms with Crippen LogP contribution in [0.3, 0.4) is 0 Å². The van der Waals surface area contributed by atoms with Crippen molar-refractivity contribution >= 4 is 6.09 Å². The van der Waals surface area contributed by atoms with E-state index < -0.39 is 0 Å². The van der Waals surface area contributed by atoms with Gasteiger partial charge in [0, 0.05) is 6.54 Å². The summed E-state index contributed by atoms with van der Waals surface area (Å²) >= 11 is 0. The number of aryl methyl sites for hydroxylation is 1. The van der Waals surface area contributed by atoms with Crippen molar-refractivity contribution in [3.05, 3.63) is 29.8 Å². The van der Waals surface area contributed by atoms with Crippen LogP contribution >= 0.6 is 0 Å². The Balaban J connectivity index is 2.13. The van der Waals surface area contributed by atoms with E-state index in [0.717, 1.165) is 19.3 Å². The van der Waals surface area contributed by atoms with Crippen molar-refractivity contribution in [2.24, 2.45) is 0 Å². The molecule has 0 bridgehead atoms. The topological polar surface area (TPSA) is 38.3 Å². The normalized spacial score (nSPS) is 10.6. The summed E-state index contributed by atoms with van der Waals surface area (Å²) in [4.78, 5) is 11.7. The summed E-state index contributed by atoms with van der Waals surface area (Å²) in [5, 5.41) is 2.81. The number of hydrogen-bond donors (Lipinski definition) is 1. The molecule has 0 aliphatic heterocycles. The average Bonchev–Trinajstić information content (AvgIpc) is 2.62. The molecule has 0 saturated carbocycles. The Labute approximate surface area is 154 Å². The number of amides is 1. The molecule has 0 aromatic heterocycles. The van der Waals surface area contributed by atoms with Gasteiger partial charge < -0.3 is 10.1 Å². The second kappa shape index (κ2) is 14.8. The van der Waals surface area contributed by atoms with Crippen molar-refractivity contribution in [3.63, 3.8) is 0 Å². The summed E-state index contributed by atoms with van der Waals surface area (Å²) in [6, 6.07) is 7.93. The van der Waals surface area contributed by atoms with E-state index in [4.69, 9.17) is 4.74 Å². The highest BCUT2D eigenvalue weighted by Crippen LogP contribution is 2.15. The summed E-state index contributed by atoms with van der Waals surface area (Å²) < 4.78 is 5.31. The lowest BCUT2D eigenvalue weighted by Gasteiger charge is -2.07. The maximum absolute atomic E-state index is 11.7. The molecule has 3 nitrogen and oxygen atoms in total. The molecule has 0 fully saturated rings. The van der Waals surface area contributed by atoms with Gasteiger partial charge in [-0.05, 0) is 37.0 Å². The Kier molecular flexibility index (Phi) is 12.7. The Hall–Kier alpha value is -1.51. The summed E-state index contributed by atoms with van der Waals surface area (Å²) in [5.41, 5.74) is 1.32. The maximum atomic E-state index is 11.7. The fourth-order valence-corrected chi connectivity index (χ4v) is 2.90. The fourth-order valence-electron chi connectivity index (χ4n) is 2.90. The number of ether oxygens (including phenoxy) is 1. The van der Waals surface area contributed by atoms with Gasteiger partial charge in [-0.2, -0.15) is 0 Å². The molecule has 3 heteroatoms. The number of rotatable bonds is 14. The number of unbranched alkanes of at least 4 members (excludes halogenated alkanes) is 9. The minimum atomic E-state index is -0.351. The summed E-state index contributed by atoms with van der Waals surface area (Å²) in [6.07, 6.45) is 14.7. The van der Waals surface area contributed by atoms with Gasteiger partial charge in [0.25, 0.3) is 0 Å². The van der Waals surface area contributed by atoms with E-state index >= 15 is 0 Å². The number of nitrogens with one attached hydrogen (secondary N) is 1. The Morgan fingerprint density at radius 1 is 0.800 bits per heavy atom. The van der Waals surface area contributed by atoms with Crippen LogP contribution in [0.5, 0.6) is 5.75 Å². The highest BCUT2D eigenvalue weighted by Gasteiger charge is 2.03. The lowest BCUT2D eigenvalue weighted by molar-refractivity contribution is 0.200. The number of carbonyl (C=O) groups excluding carboxylic acids is 1. The smallest absolute Gasteiger partial charge is 0.410 e. The van der Waals surface area contributed by atoms with Crippen molar-refractivity contribution in [1.82, 2.24) is 5.32 Å².